The lowest BCUT2D eigenvalue weighted by atomic mass is 10.2. The van der Waals surface area contributed by atoms with Gasteiger partial charge in [-0.3, -0.25) is 4.79 Å². The zero-order chi connectivity index (χ0) is 10.8. The molecule has 0 saturated carbocycles. The Balaban J connectivity index is 2.17. The Morgan fingerprint density at radius 2 is 2.47 bits per heavy atom. The third-order valence-electron chi connectivity index (χ3n) is 2.52. The van der Waals surface area contributed by atoms with E-state index in [0.29, 0.717) is 16.6 Å². The smallest absolute Gasteiger partial charge is 0.266 e. The number of hydrogen-bond donors (Lipinski definition) is 1. The summed E-state index contributed by atoms with van der Waals surface area (Å²) in [5.41, 5.74) is 6.36. The predicted octanol–water partition coefficient (Wildman–Crippen LogP) is 1.91. The molecule has 1 atom stereocenters. The number of nitrogens with two attached hydrogens (primary N) is 1. The molecule has 2 N–H and O–H groups in total. The quantitative estimate of drug-likeness (QED) is 0.818. The number of nitrogens with zero attached hydrogens (tertiary/aromatic N) is 1. The molecule has 1 saturated heterocycles. The molecule has 1 aliphatic rings. The Kier molecular flexibility index (Phi) is 3.21. The van der Waals surface area contributed by atoms with Crippen LogP contribution in [0.5, 0.6) is 0 Å². The zero-order valence-electron chi connectivity index (χ0n) is 8.60. The maximum atomic E-state index is 12.1. The fraction of sp³-hybridized carbons (Fsp3) is 0.500. The van der Waals surface area contributed by atoms with Gasteiger partial charge in [0, 0.05) is 24.1 Å². The van der Waals surface area contributed by atoms with Gasteiger partial charge in [0.25, 0.3) is 5.91 Å². The van der Waals surface area contributed by atoms with Gasteiger partial charge in [-0.2, -0.15) is 11.8 Å². The molecule has 1 aliphatic heterocycles. The van der Waals surface area contributed by atoms with Crippen molar-refractivity contribution in [2.45, 2.75) is 13.0 Å². The number of nitrogen functional groups attached to an aromatic ring is 1. The predicted molar refractivity (Wildman–Crippen MR) is 66.6 cm³/mol. The van der Waals surface area contributed by atoms with E-state index >= 15 is 0 Å². The van der Waals surface area contributed by atoms with Crippen molar-refractivity contribution < 1.29 is 4.79 Å². The lowest BCUT2D eigenvalue weighted by Gasteiger charge is -2.32. The van der Waals surface area contributed by atoms with E-state index in [1.165, 1.54) is 11.3 Å². The van der Waals surface area contributed by atoms with Gasteiger partial charge in [-0.15, -0.1) is 11.3 Å². The normalized spacial score (nSPS) is 21.7. The van der Waals surface area contributed by atoms with Gasteiger partial charge in [-0.25, -0.2) is 0 Å². The van der Waals surface area contributed by atoms with E-state index in [9.17, 15) is 4.79 Å². The molecule has 2 heterocycles. The molecule has 0 aliphatic carbocycles. The van der Waals surface area contributed by atoms with Gasteiger partial charge >= 0.3 is 0 Å². The number of thioether (sulfide) groups is 1. The lowest BCUT2D eigenvalue weighted by Crippen LogP contribution is -2.44. The van der Waals surface area contributed by atoms with Gasteiger partial charge in [-0.05, 0) is 18.4 Å². The minimum atomic E-state index is 0.0929. The molecule has 3 nitrogen and oxygen atoms in total. The summed E-state index contributed by atoms with van der Waals surface area (Å²) in [5.74, 6) is 2.15. The molecule has 0 radical (unpaired) electrons. The van der Waals surface area contributed by atoms with Gasteiger partial charge in [0.1, 0.15) is 4.88 Å². The largest absolute Gasteiger partial charge is 0.397 e. The first-order chi connectivity index (χ1) is 7.20. The highest BCUT2D eigenvalue weighted by molar-refractivity contribution is 7.99. The number of thiophene rings is 1. The van der Waals surface area contributed by atoms with E-state index < -0.39 is 0 Å². The maximum absolute atomic E-state index is 12.1. The highest BCUT2D eigenvalue weighted by Gasteiger charge is 2.26. The summed E-state index contributed by atoms with van der Waals surface area (Å²) in [5, 5.41) is 1.87. The number of amides is 1. The van der Waals surface area contributed by atoms with Crippen molar-refractivity contribution in [3.63, 3.8) is 0 Å². The summed E-state index contributed by atoms with van der Waals surface area (Å²) in [6.07, 6.45) is 0. The first kappa shape index (κ1) is 10.8. The monoisotopic (exact) mass is 242 g/mol. The molecule has 1 fully saturated rings. The summed E-state index contributed by atoms with van der Waals surface area (Å²) < 4.78 is 0. The Bertz CT molecular complexity index is 364. The van der Waals surface area contributed by atoms with Gasteiger partial charge in [0.05, 0.1) is 5.69 Å². The van der Waals surface area contributed by atoms with Crippen molar-refractivity contribution in [3.05, 3.63) is 16.3 Å². The number of anilines is 1. The number of hydrogen-bond acceptors (Lipinski definition) is 4. The van der Waals surface area contributed by atoms with E-state index in [2.05, 4.69) is 6.92 Å². The topological polar surface area (TPSA) is 46.3 Å². The SMILES string of the molecule is CC1CSCCN1C(=O)c1sccc1N. The molecule has 1 aromatic rings. The Morgan fingerprint density at radius 3 is 3.07 bits per heavy atom. The minimum absolute atomic E-state index is 0.0929. The fourth-order valence-corrected chi connectivity index (χ4v) is 3.44. The lowest BCUT2D eigenvalue weighted by molar-refractivity contribution is 0.0722. The average molecular weight is 242 g/mol. The second kappa shape index (κ2) is 4.45. The highest BCUT2D eigenvalue weighted by atomic mass is 32.2. The summed E-state index contributed by atoms with van der Waals surface area (Å²) in [4.78, 5) is 14.8. The van der Waals surface area contributed by atoms with Gasteiger partial charge < -0.3 is 10.6 Å². The summed E-state index contributed by atoms with van der Waals surface area (Å²) in [7, 11) is 0. The van der Waals surface area contributed by atoms with Crippen molar-refractivity contribution in [1.82, 2.24) is 4.90 Å². The van der Waals surface area contributed by atoms with Crippen LogP contribution in [0.25, 0.3) is 0 Å². The summed E-state index contributed by atoms with van der Waals surface area (Å²) >= 11 is 3.33. The second-order valence-electron chi connectivity index (χ2n) is 3.63. The molecule has 5 heteroatoms. The highest BCUT2D eigenvalue weighted by Crippen LogP contribution is 2.24. The minimum Gasteiger partial charge on any atom is -0.397 e. The summed E-state index contributed by atoms with van der Waals surface area (Å²) in [6, 6.07) is 2.11. The van der Waals surface area contributed by atoms with Gasteiger partial charge in [0.2, 0.25) is 0 Å². The Morgan fingerprint density at radius 1 is 1.67 bits per heavy atom. The van der Waals surface area contributed by atoms with Crippen LogP contribution in [-0.4, -0.2) is 34.9 Å². The van der Waals surface area contributed by atoms with Crippen molar-refractivity contribution in [2.75, 3.05) is 23.8 Å². The molecular formula is C10H14N2OS2. The first-order valence-electron chi connectivity index (χ1n) is 4.92. The van der Waals surface area contributed by atoms with E-state index in [1.54, 1.807) is 6.07 Å². The third kappa shape index (κ3) is 2.13. The van der Waals surface area contributed by atoms with E-state index in [4.69, 9.17) is 5.73 Å². The van der Waals surface area contributed by atoms with Crippen LogP contribution in [0.2, 0.25) is 0 Å². The van der Waals surface area contributed by atoms with Crippen molar-refractivity contribution in [3.8, 4) is 0 Å². The standard InChI is InChI=1S/C10H14N2OS2/c1-7-6-14-5-3-12(7)10(13)9-8(11)2-4-15-9/h2,4,7H,3,5-6,11H2,1H3. The Hall–Kier alpha value is -0.680. The number of carbonyl (C=O) groups is 1. The zero-order valence-corrected chi connectivity index (χ0v) is 10.2. The van der Waals surface area contributed by atoms with Gasteiger partial charge in [0.15, 0.2) is 0 Å². The number of rotatable bonds is 1. The van der Waals surface area contributed by atoms with Crippen molar-refractivity contribution >= 4 is 34.7 Å². The van der Waals surface area contributed by atoms with Crippen LogP contribution >= 0.6 is 23.1 Å². The first-order valence-corrected chi connectivity index (χ1v) is 6.95. The van der Waals surface area contributed by atoms with Crippen molar-refractivity contribution in [2.24, 2.45) is 0 Å². The van der Waals surface area contributed by atoms with Crippen LogP contribution in [0.4, 0.5) is 5.69 Å². The van der Waals surface area contributed by atoms with Crippen LogP contribution in [0.3, 0.4) is 0 Å². The Labute approximate surface area is 97.6 Å². The molecular weight excluding hydrogens is 228 g/mol. The van der Waals surface area contributed by atoms with E-state index in [-0.39, 0.29) is 5.91 Å². The average Bonchev–Trinajstić information content (AvgIpc) is 2.64. The molecule has 1 aromatic heterocycles. The maximum Gasteiger partial charge on any atom is 0.266 e. The molecule has 0 bridgehead atoms. The second-order valence-corrected chi connectivity index (χ2v) is 5.69. The van der Waals surface area contributed by atoms with E-state index in [0.717, 1.165) is 18.1 Å². The number of carbonyl (C=O) groups excluding carboxylic acids is 1. The van der Waals surface area contributed by atoms with E-state index in [1.807, 2.05) is 22.0 Å². The third-order valence-corrected chi connectivity index (χ3v) is 4.63. The fourth-order valence-electron chi connectivity index (χ4n) is 1.65. The molecule has 82 valence electrons. The van der Waals surface area contributed by atoms with Crippen molar-refractivity contribution in [1.29, 1.82) is 0 Å². The van der Waals surface area contributed by atoms with Crippen LogP contribution in [-0.2, 0) is 0 Å². The van der Waals surface area contributed by atoms with Gasteiger partial charge in [-0.1, -0.05) is 0 Å². The van der Waals surface area contributed by atoms with Crippen LogP contribution < -0.4 is 5.73 Å². The van der Waals surface area contributed by atoms with Crippen LogP contribution in [0, 0.1) is 0 Å². The molecule has 1 unspecified atom stereocenters. The molecule has 0 aromatic carbocycles. The van der Waals surface area contributed by atoms with Crippen LogP contribution in [0.15, 0.2) is 11.4 Å². The molecule has 15 heavy (non-hydrogen) atoms. The molecule has 1 amide bonds. The summed E-state index contributed by atoms with van der Waals surface area (Å²) in [6.45, 7) is 2.93. The molecule has 0 spiro atoms. The molecule has 2 rings (SSSR count). The van der Waals surface area contributed by atoms with Crippen LogP contribution in [0.1, 0.15) is 16.6 Å².